The third kappa shape index (κ3) is 43.8. The van der Waals surface area contributed by atoms with E-state index in [0.29, 0.717) is 6.42 Å². The van der Waals surface area contributed by atoms with Gasteiger partial charge in [-0.2, -0.15) is 0 Å². The molecule has 2 heterocycles. The van der Waals surface area contributed by atoms with Gasteiger partial charge in [-0.15, -0.1) is 0 Å². The molecule has 1 amide bonds. The zero-order valence-corrected chi connectivity index (χ0v) is 57.6. The monoisotopic (exact) mass is 1280 g/mol. The van der Waals surface area contributed by atoms with Crippen LogP contribution in [0.25, 0.3) is 0 Å². The van der Waals surface area contributed by atoms with E-state index in [4.69, 9.17) is 18.9 Å². The average molecular weight is 1280 g/mol. The Hall–Kier alpha value is -2.05. The Labute approximate surface area is 550 Å². The largest absolute Gasteiger partial charge is 0.394 e. The minimum atomic E-state index is -1.79. The molecule has 0 bridgehead atoms. The number of hydrogen-bond donors (Lipinski definition) is 9. The first-order valence-electron chi connectivity index (χ1n) is 37.9. The van der Waals surface area contributed by atoms with Crippen molar-refractivity contribution < 1.29 is 64.6 Å². The zero-order valence-electron chi connectivity index (χ0n) is 57.6. The van der Waals surface area contributed by atoms with Gasteiger partial charge in [0.15, 0.2) is 12.6 Å². The summed E-state index contributed by atoms with van der Waals surface area (Å²) in [6.07, 6.45) is 63.5. The Morgan fingerprint density at radius 3 is 1.12 bits per heavy atom. The second kappa shape index (κ2) is 60.6. The van der Waals surface area contributed by atoms with E-state index < -0.39 is 86.8 Å². The minimum absolute atomic E-state index is 0.234. The van der Waals surface area contributed by atoms with Gasteiger partial charge in [0.05, 0.1) is 32.0 Å². The first-order chi connectivity index (χ1) is 44.1. The van der Waals surface area contributed by atoms with Gasteiger partial charge in [-0.25, -0.2) is 0 Å². The van der Waals surface area contributed by atoms with Crippen molar-refractivity contribution in [3.63, 3.8) is 0 Å². The van der Waals surface area contributed by atoms with Crippen molar-refractivity contribution in [2.45, 2.75) is 408 Å². The Kier molecular flexibility index (Phi) is 56.6. The molecule has 0 aromatic rings. The maximum Gasteiger partial charge on any atom is 0.220 e. The van der Waals surface area contributed by atoms with Gasteiger partial charge in [-0.1, -0.05) is 319 Å². The molecule has 0 radical (unpaired) electrons. The van der Waals surface area contributed by atoms with Crippen LogP contribution >= 0.6 is 0 Å². The first-order valence-corrected chi connectivity index (χ1v) is 37.9. The van der Waals surface area contributed by atoms with E-state index >= 15 is 0 Å². The Morgan fingerprint density at radius 2 is 0.733 bits per heavy atom. The molecule has 90 heavy (non-hydrogen) atoms. The molecular weight excluding hydrogens is 1130 g/mol. The molecule has 12 atom stereocenters. The zero-order chi connectivity index (χ0) is 65.2. The highest BCUT2D eigenvalue weighted by Gasteiger charge is 2.51. The van der Waals surface area contributed by atoms with E-state index in [2.05, 4.69) is 55.6 Å². The molecule has 9 N–H and O–H groups in total. The molecule has 0 aromatic heterocycles. The van der Waals surface area contributed by atoms with Gasteiger partial charge in [-0.3, -0.25) is 4.79 Å². The van der Waals surface area contributed by atoms with Gasteiger partial charge in [0.2, 0.25) is 5.91 Å². The second-order valence-corrected chi connectivity index (χ2v) is 26.8. The molecule has 14 heteroatoms. The van der Waals surface area contributed by atoms with E-state index in [-0.39, 0.29) is 18.9 Å². The van der Waals surface area contributed by atoms with E-state index in [9.17, 15) is 45.6 Å². The van der Waals surface area contributed by atoms with Crippen molar-refractivity contribution in [1.82, 2.24) is 5.32 Å². The van der Waals surface area contributed by atoms with Gasteiger partial charge in [0.1, 0.15) is 48.8 Å². The van der Waals surface area contributed by atoms with Crippen molar-refractivity contribution in [3.8, 4) is 0 Å². The number of allylic oxidation sites excluding steroid dienone is 7. The van der Waals surface area contributed by atoms with Crippen LogP contribution in [0.1, 0.15) is 335 Å². The molecule has 0 spiro atoms. The fourth-order valence-corrected chi connectivity index (χ4v) is 12.5. The van der Waals surface area contributed by atoms with E-state index in [0.717, 1.165) is 51.4 Å². The van der Waals surface area contributed by atoms with E-state index in [1.165, 1.54) is 257 Å². The Bertz CT molecular complexity index is 1690. The summed E-state index contributed by atoms with van der Waals surface area (Å²) in [7, 11) is 0. The summed E-state index contributed by atoms with van der Waals surface area (Å²) >= 11 is 0. The third-order valence-corrected chi connectivity index (χ3v) is 18.5. The van der Waals surface area contributed by atoms with Crippen LogP contribution in [-0.4, -0.2) is 140 Å². The van der Waals surface area contributed by atoms with Crippen molar-refractivity contribution in [3.05, 3.63) is 48.6 Å². The fraction of sp³-hybridized carbons (Fsp3) is 0.882. The fourth-order valence-electron chi connectivity index (χ4n) is 12.5. The summed E-state index contributed by atoms with van der Waals surface area (Å²) in [5, 5.41) is 87.4. The molecule has 12 unspecified atom stereocenters. The summed E-state index contributed by atoms with van der Waals surface area (Å²) in [6, 6.07) is -0.913. The highest BCUT2D eigenvalue weighted by Crippen LogP contribution is 2.30. The van der Waals surface area contributed by atoms with Gasteiger partial charge in [-0.05, 0) is 57.8 Å². The normalized spacial score (nSPS) is 23.1. The van der Waals surface area contributed by atoms with Crippen LogP contribution in [0.5, 0.6) is 0 Å². The molecular formula is C76H141NO13. The van der Waals surface area contributed by atoms with Gasteiger partial charge < -0.3 is 65.1 Å². The predicted octanol–water partition coefficient (Wildman–Crippen LogP) is 16.2. The second-order valence-electron chi connectivity index (χ2n) is 26.8. The maximum absolute atomic E-state index is 13.3. The Balaban J connectivity index is 1.54. The summed E-state index contributed by atoms with van der Waals surface area (Å²) in [5.74, 6) is -0.234. The number of ether oxygens (including phenoxy) is 4. The third-order valence-electron chi connectivity index (χ3n) is 18.5. The highest BCUT2D eigenvalue weighted by molar-refractivity contribution is 5.76. The first kappa shape index (κ1) is 84.0. The van der Waals surface area contributed by atoms with Crippen molar-refractivity contribution in [1.29, 1.82) is 0 Å². The van der Waals surface area contributed by atoms with Crippen LogP contribution in [0.2, 0.25) is 0 Å². The van der Waals surface area contributed by atoms with Crippen LogP contribution in [-0.2, 0) is 23.7 Å². The van der Waals surface area contributed by atoms with Crippen molar-refractivity contribution in [2.24, 2.45) is 0 Å². The van der Waals surface area contributed by atoms with Crippen LogP contribution < -0.4 is 5.32 Å². The van der Waals surface area contributed by atoms with Crippen LogP contribution in [0.3, 0.4) is 0 Å². The van der Waals surface area contributed by atoms with E-state index in [1.807, 2.05) is 6.08 Å². The van der Waals surface area contributed by atoms with E-state index in [1.54, 1.807) is 6.08 Å². The maximum atomic E-state index is 13.3. The number of hydrogen-bond acceptors (Lipinski definition) is 13. The lowest BCUT2D eigenvalue weighted by Crippen LogP contribution is -2.65. The molecule has 0 aliphatic carbocycles. The summed E-state index contributed by atoms with van der Waals surface area (Å²) in [5.41, 5.74) is 0. The number of aliphatic hydroxyl groups is 8. The topological polar surface area (TPSA) is 228 Å². The summed E-state index contributed by atoms with van der Waals surface area (Å²) in [4.78, 5) is 13.3. The van der Waals surface area contributed by atoms with Crippen molar-refractivity contribution >= 4 is 5.91 Å². The lowest BCUT2D eigenvalue weighted by atomic mass is 9.97. The molecule has 528 valence electrons. The average Bonchev–Trinajstić information content (AvgIpc) is 1.58. The summed E-state index contributed by atoms with van der Waals surface area (Å²) < 4.78 is 22.8. The number of aliphatic hydroxyl groups excluding tert-OH is 8. The molecule has 2 aliphatic rings. The number of unbranched alkanes of at least 4 members (excludes halogenated alkanes) is 44. The summed E-state index contributed by atoms with van der Waals surface area (Å²) in [6.45, 7) is 2.82. The SMILES string of the molecule is CCCCCCC/C=C\C/C=C\C/C=C\CCCCCCCCCCCCCCCCCCCCCCCCCCCCC(=O)NC(COC1OC(CO)C(OC2OC(CO)C(O)C(O)C2O)C(O)C1O)C(O)/C=C/CCCCCCCCCCCCCCC. The lowest BCUT2D eigenvalue weighted by Gasteiger charge is -2.46. The molecule has 2 saturated heterocycles. The van der Waals surface area contributed by atoms with Crippen LogP contribution in [0.15, 0.2) is 48.6 Å². The molecule has 2 fully saturated rings. The highest BCUT2D eigenvalue weighted by atomic mass is 16.7. The Morgan fingerprint density at radius 1 is 0.400 bits per heavy atom. The molecule has 0 saturated carbocycles. The molecule has 0 aromatic carbocycles. The molecule has 14 nitrogen and oxygen atoms in total. The number of carbonyl (C=O) groups excluding carboxylic acids is 1. The number of carbonyl (C=O) groups is 1. The van der Waals surface area contributed by atoms with Gasteiger partial charge in [0.25, 0.3) is 0 Å². The smallest absolute Gasteiger partial charge is 0.220 e. The number of amides is 1. The van der Waals surface area contributed by atoms with Crippen LogP contribution in [0.4, 0.5) is 0 Å². The van der Waals surface area contributed by atoms with Gasteiger partial charge in [0, 0.05) is 6.42 Å². The number of nitrogens with one attached hydrogen (secondary N) is 1. The lowest BCUT2D eigenvalue weighted by molar-refractivity contribution is -0.359. The molecule has 2 rings (SSSR count). The quantitative estimate of drug-likeness (QED) is 0.0204. The van der Waals surface area contributed by atoms with Crippen LogP contribution in [0, 0.1) is 0 Å². The minimum Gasteiger partial charge on any atom is -0.394 e. The van der Waals surface area contributed by atoms with Crippen molar-refractivity contribution in [2.75, 3.05) is 19.8 Å². The predicted molar refractivity (Wildman–Crippen MR) is 369 cm³/mol. The molecule has 2 aliphatic heterocycles. The van der Waals surface area contributed by atoms with Gasteiger partial charge >= 0.3 is 0 Å². The standard InChI is InChI=1S/C76H141NO13/c1-3-5-7-9-11-13-15-17-19-20-21-22-23-24-25-26-27-28-29-30-31-32-33-34-35-36-37-38-39-40-41-42-43-44-46-48-50-52-54-56-58-60-68(81)77-64(65(80)59-57-55-53-51-49-47-45-18-16-14-12-10-8-6-4-2)63-87-75-73(86)71(84)74(67(62-79)89-75)90-76-72(85)70(83)69(82)66(61-78)88-76/h15,17,20-21,23-24,57,59,64-67,69-76,78-80,82-86H,3-14,16,18-19,22,25-56,58,60-63H2,1-2H3,(H,77,81)/b17-15-,21-20-,24-23-,59-57+. The number of rotatable bonds is 63.